The molecule has 1 aromatic rings. The van der Waals surface area contributed by atoms with E-state index in [-0.39, 0.29) is 5.97 Å². The van der Waals surface area contributed by atoms with Crippen LogP contribution < -0.4 is 0 Å². The Morgan fingerprint density at radius 2 is 1.95 bits per heavy atom. The van der Waals surface area contributed by atoms with E-state index in [9.17, 15) is 9.90 Å². The molecule has 1 saturated carbocycles. The molecule has 1 aromatic carbocycles. The van der Waals surface area contributed by atoms with Crippen molar-refractivity contribution in [3.05, 3.63) is 35.4 Å². The molecule has 0 aromatic heterocycles. The van der Waals surface area contributed by atoms with Crippen LogP contribution in [0, 0.1) is 0 Å². The second kappa shape index (κ2) is 8.08. The quantitative estimate of drug-likeness (QED) is 0.647. The molecular weight excluding hydrogens is 278 g/mol. The molecule has 1 aliphatic rings. The Kier molecular flexibility index (Phi) is 6.13. The average molecular weight is 303 g/mol. The van der Waals surface area contributed by atoms with Crippen LogP contribution in [-0.4, -0.2) is 36.0 Å². The molecule has 0 radical (unpaired) electrons. The fraction of sp³-hybridized carbons (Fsp3) is 0.556. The van der Waals surface area contributed by atoms with Crippen LogP contribution in [0.15, 0.2) is 29.3 Å². The summed E-state index contributed by atoms with van der Waals surface area (Å²) in [6.45, 7) is 2.81. The van der Waals surface area contributed by atoms with E-state index in [0.717, 1.165) is 37.7 Å². The maximum atomic E-state index is 11.5. The summed E-state index contributed by atoms with van der Waals surface area (Å²) in [5.41, 5.74) is 0.989. The Morgan fingerprint density at radius 1 is 1.27 bits per heavy atom. The van der Waals surface area contributed by atoms with Gasteiger partial charge in [-0.3, -0.25) is 4.99 Å². The lowest BCUT2D eigenvalue weighted by Crippen LogP contribution is -2.32. The second-order valence-corrected chi connectivity index (χ2v) is 5.91. The highest BCUT2D eigenvalue weighted by atomic mass is 16.5. The molecule has 120 valence electrons. The molecule has 0 atom stereocenters. The fourth-order valence-corrected chi connectivity index (χ4v) is 2.82. The van der Waals surface area contributed by atoms with E-state index in [0.29, 0.717) is 18.7 Å². The SMILES string of the molecule is CCOC(=O)c1ccc(C=NCCC2(O)CCCCC2)cc1. The zero-order valence-electron chi connectivity index (χ0n) is 13.3. The molecule has 0 aliphatic heterocycles. The fourth-order valence-electron chi connectivity index (χ4n) is 2.82. The van der Waals surface area contributed by atoms with Crippen LogP contribution in [0.3, 0.4) is 0 Å². The van der Waals surface area contributed by atoms with E-state index in [1.807, 2.05) is 12.1 Å². The highest BCUT2D eigenvalue weighted by Gasteiger charge is 2.28. The van der Waals surface area contributed by atoms with Crippen LogP contribution in [-0.2, 0) is 4.74 Å². The highest BCUT2D eigenvalue weighted by molar-refractivity contribution is 5.90. The van der Waals surface area contributed by atoms with Gasteiger partial charge in [-0.15, -0.1) is 0 Å². The Bertz CT molecular complexity index is 502. The van der Waals surface area contributed by atoms with Crippen LogP contribution in [0.1, 0.15) is 61.4 Å². The molecule has 1 fully saturated rings. The Balaban J connectivity index is 1.81. The number of aliphatic hydroxyl groups is 1. The van der Waals surface area contributed by atoms with Gasteiger partial charge in [-0.1, -0.05) is 31.4 Å². The van der Waals surface area contributed by atoms with E-state index < -0.39 is 5.60 Å². The number of rotatable bonds is 6. The highest BCUT2D eigenvalue weighted by Crippen LogP contribution is 2.30. The zero-order chi connectivity index (χ0) is 15.8. The third kappa shape index (κ3) is 4.95. The topological polar surface area (TPSA) is 58.9 Å². The van der Waals surface area contributed by atoms with Crippen molar-refractivity contribution in [3.63, 3.8) is 0 Å². The maximum absolute atomic E-state index is 11.5. The molecule has 4 nitrogen and oxygen atoms in total. The van der Waals surface area contributed by atoms with E-state index in [4.69, 9.17) is 4.74 Å². The van der Waals surface area contributed by atoms with Gasteiger partial charge in [0.2, 0.25) is 0 Å². The van der Waals surface area contributed by atoms with Crippen molar-refractivity contribution in [1.29, 1.82) is 0 Å². The van der Waals surface area contributed by atoms with Gasteiger partial charge in [-0.25, -0.2) is 4.79 Å². The summed E-state index contributed by atoms with van der Waals surface area (Å²) in [4.78, 5) is 15.9. The van der Waals surface area contributed by atoms with Crippen LogP contribution in [0.2, 0.25) is 0 Å². The molecule has 0 amide bonds. The number of hydrogen-bond acceptors (Lipinski definition) is 4. The lowest BCUT2D eigenvalue weighted by molar-refractivity contribution is -0.00129. The van der Waals surface area contributed by atoms with Crippen molar-refractivity contribution in [3.8, 4) is 0 Å². The van der Waals surface area contributed by atoms with Gasteiger partial charge in [0.1, 0.15) is 0 Å². The van der Waals surface area contributed by atoms with Crippen LogP contribution >= 0.6 is 0 Å². The number of aliphatic imine (C=N–C) groups is 1. The van der Waals surface area contributed by atoms with Gasteiger partial charge in [0.25, 0.3) is 0 Å². The van der Waals surface area contributed by atoms with Crippen molar-refractivity contribution in [2.24, 2.45) is 4.99 Å². The number of benzene rings is 1. The van der Waals surface area contributed by atoms with Gasteiger partial charge in [0, 0.05) is 12.8 Å². The monoisotopic (exact) mass is 303 g/mol. The van der Waals surface area contributed by atoms with Gasteiger partial charge in [-0.2, -0.15) is 0 Å². The first-order chi connectivity index (χ1) is 10.6. The van der Waals surface area contributed by atoms with Crippen LogP contribution in [0.4, 0.5) is 0 Å². The molecule has 0 unspecified atom stereocenters. The summed E-state index contributed by atoms with van der Waals surface area (Å²) in [7, 11) is 0. The van der Waals surface area contributed by atoms with Gasteiger partial charge in [0.05, 0.1) is 17.8 Å². The number of carbonyl (C=O) groups is 1. The van der Waals surface area contributed by atoms with Gasteiger partial charge < -0.3 is 9.84 Å². The lowest BCUT2D eigenvalue weighted by atomic mass is 9.82. The predicted molar refractivity (Wildman–Crippen MR) is 87.5 cm³/mol. The van der Waals surface area contributed by atoms with Crippen molar-refractivity contribution >= 4 is 12.2 Å². The number of hydrogen-bond donors (Lipinski definition) is 1. The molecule has 0 saturated heterocycles. The summed E-state index contributed by atoms with van der Waals surface area (Å²) in [5.74, 6) is -0.300. The van der Waals surface area contributed by atoms with E-state index in [2.05, 4.69) is 4.99 Å². The zero-order valence-corrected chi connectivity index (χ0v) is 13.3. The molecule has 0 spiro atoms. The molecular formula is C18H25NO3. The minimum atomic E-state index is -0.511. The van der Waals surface area contributed by atoms with Crippen molar-refractivity contribution in [1.82, 2.24) is 0 Å². The van der Waals surface area contributed by atoms with Gasteiger partial charge >= 0.3 is 5.97 Å². The third-order valence-electron chi connectivity index (χ3n) is 4.15. The molecule has 0 heterocycles. The van der Waals surface area contributed by atoms with Crippen molar-refractivity contribution in [2.75, 3.05) is 13.2 Å². The number of esters is 1. The molecule has 2 rings (SSSR count). The maximum Gasteiger partial charge on any atom is 0.338 e. The molecule has 22 heavy (non-hydrogen) atoms. The minimum absolute atomic E-state index is 0.300. The largest absolute Gasteiger partial charge is 0.462 e. The minimum Gasteiger partial charge on any atom is -0.462 e. The standard InChI is InChI=1S/C18H25NO3/c1-2-22-17(20)16-8-6-15(7-9-16)14-19-13-12-18(21)10-4-3-5-11-18/h6-9,14,21H,2-5,10-13H2,1H3. The molecule has 1 N–H and O–H groups in total. The average Bonchev–Trinajstić information content (AvgIpc) is 2.53. The normalized spacial score (nSPS) is 17.5. The van der Waals surface area contributed by atoms with E-state index in [1.165, 1.54) is 6.42 Å². The summed E-state index contributed by atoms with van der Waals surface area (Å²) in [6, 6.07) is 7.19. The van der Waals surface area contributed by atoms with Crippen molar-refractivity contribution < 1.29 is 14.6 Å². The van der Waals surface area contributed by atoms with E-state index >= 15 is 0 Å². The van der Waals surface area contributed by atoms with Crippen LogP contribution in [0.25, 0.3) is 0 Å². The van der Waals surface area contributed by atoms with Crippen molar-refractivity contribution in [2.45, 2.75) is 51.0 Å². The Morgan fingerprint density at radius 3 is 2.59 bits per heavy atom. The number of ether oxygens (including phenoxy) is 1. The third-order valence-corrected chi connectivity index (χ3v) is 4.15. The predicted octanol–water partition coefficient (Wildman–Crippen LogP) is 3.37. The molecule has 1 aliphatic carbocycles. The van der Waals surface area contributed by atoms with Gasteiger partial charge in [-0.05, 0) is 43.9 Å². The summed E-state index contributed by atoms with van der Waals surface area (Å²) >= 11 is 0. The first-order valence-corrected chi connectivity index (χ1v) is 8.12. The van der Waals surface area contributed by atoms with Gasteiger partial charge in [0.15, 0.2) is 0 Å². The number of carbonyl (C=O) groups excluding carboxylic acids is 1. The molecule has 4 heteroatoms. The smallest absolute Gasteiger partial charge is 0.338 e. The first kappa shape index (κ1) is 16.7. The Hall–Kier alpha value is -1.68. The summed E-state index contributed by atoms with van der Waals surface area (Å²) in [5, 5.41) is 10.4. The summed E-state index contributed by atoms with van der Waals surface area (Å²) in [6.07, 6.45) is 7.79. The lowest BCUT2D eigenvalue weighted by Gasteiger charge is -2.31. The second-order valence-electron chi connectivity index (χ2n) is 5.91. The van der Waals surface area contributed by atoms with Crippen LogP contribution in [0.5, 0.6) is 0 Å². The molecule has 0 bridgehead atoms. The first-order valence-electron chi connectivity index (χ1n) is 8.12. The Labute approximate surface area is 132 Å². The summed E-state index contributed by atoms with van der Waals surface area (Å²) < 4.78 is 4.94. The van der Waals surface area contributed by atoms with E-state index in [1.54, 1.807) is 25.3 Å². The number of nitrogens with zero attached hydrogens (tertiary/aromatic N) is 1.